The molecule has 0 bridgehead atoms. The zero-order valence-electron chi connectivity index (χ0n) is 19.4. The fourth-order valence-electron chi connectivity index (χ4n) is 3.88. The number of aromatic nitrogens is 2. The maximum atomic E-state index is 12.9. The van der Waals surface area contributed by atoms with Crippen LogP contribution in [-0.4, -0.2) is 35.7 Å². The van der Waals surface area contributed by atoms with Crippen LogP contribution in [0.25, 0.3) is 44.8 Å². The van der Waals surface area contributed by atoms with E-state index in [-0.39, 0.29) is 10.8 Å². The number of rotatable bonds is 7. The third-order valence-electron chi connectivity index (χ3n) is 5.81. The molecule has 12 heteroatoms. The Labute approximate surface area is 221 Å². The third-order valence-corrected chi connectivity index (χ3v) is 7.80. The number of carboxylic acids is 1. The van der Waals surface area contributed by atoms with E-state index in [0.717, 1.165) is 0 Å². The predicted octanol–water partition coefficient (Wildman–Crippen LogP) is 6.00. The lowest BCUT2D eigenvalue weighted by molar-refractivity contribution is -0.140. The van der Waals surface area contributed by atoms with Crippen LogP contribution in [0.15, 0.2) is 68.4 Å². The Kier molecular flexibility index (Phi) is 6.45. The van der Waals surface area contributed by atoms with Crippen LogP contribution in [0.1, 0.15) is 13.8 Å². The van der Waals surface area contributed by atoms with E-state index < -0.39 is 28.0 Å². The number of carboxylic acid groups (broad SMARTS) is 1. The Morgan fingerprint density at radius 2 is 1.78 bits per heavy atom. The van der Waals surface area contributed by atoms with Gasteiger partial charge >= 0.3 is 5.97 Å². The molecular weight excluding hydrogens is 541 g/mol. The Balaban J connectivity index is 1.50. The fourth-order valence-corrected chi connectivity index (χ4v) is 5.73. The van der Waals surface area contributed by atoms with E-state index in [1.54, 1.807) is 50.2 Å². The largest absolute Gasteiger partial charge is 0.480 e. The van der Waals surface area contributed by atoms with Crippen molar-refractivity contribution in [3.8, 4) is 22.8 Å². The molecule has 3 aromatic carbocycles. The summed E-state index contributed by atoms with van der Waals surface area (Å²) in [6.45, 7) is 3.25. The summed E-state index contributed by atoms with van der Waals surface area (Å²) in [5, 5.41) is 15.7. The smallest absolute Gasteiger partial charge is 0.322 e. The molecule has 5 aromatic rings. The number of aliphatic carboxylic acids is 1. The summed E-state index contributed by atoms with van der Waals surface area (Å²) in [5.41, 5.74) is 2.05. The Morgan fingerprint density at radius 1 is 1.00 bits per heavy atom. The highest BCUT2D eigenvalue weighted by molar-refractivity contribution is 7.89. The van der Waals surface area contributed by atoms with E-state index >= 15 is 0 Å². The summed E-state index contributed by atoms with van der Waals surface area (Å²) >= 11 is 12.2. The van der Waals surface area contributed by atoms with Gasteiger partial charge in [-0.2, -0.15) is 9.71 Å². The second-order valence-corrected chi connectivity index (χ2v) is 11.3. The minimum atomic E-state index is -4.10. The van der Waals surface area contributed by atoms with E-state index in [9.17, 15) is 18.3 Å². The lowest BCUT2D eigenvalue weighted by atomic mass is 10.1. The van der Waals surface area contributed by atoms with Gasteiger partial charge in [-0.3, -0.25) is 4.79 Å². The zero-order chi connectivity index (χ0) is 26.5. The van der Waals surface area contributed by atoms with Crippen molar-refractivity contribution < 1.29 is 27.3 Å². The minimum Gasteiger partial charge on any atom is -0.480 e. The minimum absolute atomic E-state index is 0.103. The highest BCUT2D eigenvalue weighted by Crippen LogP contribution is 2.34. The van der Waals surface area contributed by atoms with Crippen LogP contribution in [0.3, 0.4) is 0 Å². The second kappa shape index (κ2) is 9.46. The number of nitrogens with one attached hydrogen (secondary N) is 1. The van der Waals surface area contributed by atoms with Gasteiger partial charge in [-0.25, -0.2) is 8.42 Å². The predicted molar refractivity (Wildman–Crippen MR) is 139 cm³/mol. The van der Waals surface area contributed by atoms with Crippen molar-refractivity contribution in [3.63, 3.8) is 0 Å². The molecule has 0 radical (unpaired) electrons. The standard InChI is InChI=1S/C25H19Cl2N3O6S/c1-12(2)22(25(31)32)30-37(33,34)15-5-7-16-18-9-13(3-8-20(18)35-21(16)11-15)23-28-24(36-29-23)17-6-4-14(26)10-19(17)27/h3-12,22,30H,1-2H3,(H,31,32)/t22-/m0/s1. The highest BCUT2D eigenvalue weighted by Gasteiger charge is 2.28. The molecule has 0 saturated heterocycles. The summed E-state index contributed by atoms with van der Waals surface area (Å²) in [4.78, 5) is 15.8. The van der Waals surface area contributed by atoms with E-state index in [1.165, 1.54) is 12.1 Å². The second-order valence-electron chi connectivity index (χ2n) is 8.70. The van der Waals surface area contributed by atoms with Crippen LogP contribution in [0.4, 0.5) is 0 Å². The number of nitrogens with zero attached hydrogens (tertiary/aromatic N) is 2. The van der Waals surface area contributed by atoms with Crippen LogP contribution in [0.5, 0.6) is 0 Å². The molecule has 0 aliphatic rings. The Bertz CT molecular complexity index is 1780. The Morgan fingerprint density at radius 3 is 2.49 bits per heavy atom. The molecule has 2 heterocycles. The molecule has 2 N–H and O–H groups in total. The number of hydrogen-bond donors (Lipinski definition) is 2. The van der Waals surface area contributed by atoms with Crippen molar-refractivity contribution in [1.29, 1.82) is 0 Å². The molecule has 0 aliphatic carbocycles. The molecule has 0 spiro atoms. The zero-order valence-corrected chi connectivity index (χ0v) is 21.7. The average Bonchev–Trinajstić information content (AvgIpc) is 3.46. The van der Waals surface area contributed by atoms with Crippen LogP contribution in [-0.2, 0) is 14.8 Å². The number of benzene rings is 3. The normalized spacial score (nSPS) is 13.0. The van der Waals surface area contributed by atoms with Crippen molar-refractivity contribution in [2.75, 3.05) is 0 Å². The average molecular weight is 560 g/mol. The first kappa shape index (κ1) is 25.2. The number of halogens is 2. The molecule has 5 rings (SSSR count). The van der Waals surface area contributed by atoms with Gasteiger partial charge < -0.3 is 14.0 Å². The number of furan rings is 1. The number of sulfonamides is 1. The molecule has 0 fully saturated rings. The summed E-state index contributed by atoms with van der Waals surface area (Å²) in [7, 11) is -4.10. The van der Waals surface area contributed by atoms with Crippen molar-refractivity contribution >= 4 is 61.1 Å². The summed E-state index contributed by atoms with van der Waals surface area (Å²) in [6, 6.07) is 13.3. The van der Waals surface area contributed by atoms with Crippen LogP contribution < -0.4 is 4.72 Å². The van der Waals surface area contributed by atoms with E-state index in [4.69, 9.17) is 32.1 Å². The molecule has 0 saturated carbocycles. The van der Waals surface area contributed by atoms with Crippen LogP contribution in [0.2, 0.25) is 10.0 Å². The van der Waals surface area contributed by atoms with Gasteiger partial charge in [-0.05, 0) is 54.4 Å². The molecule has 1 atom stereocenters. The van der Waals surface area contributed by atoms with Crippen LogP contribution >= 0.6 is 23.2 Å². The first-order chi connectivity index (χ1) is 17.5. The summed E-state index contributed by atoms with van der Waals surface area (Å²) in [6.07, 6.45) is 0. The first-order valence-corrected chi connectivity index (χ1v) is 13.3. The van der Waals surface area contributed by atoms with E-state index in [1.807, 2.05) is 6.07 Å². The molecule has 190 valence electrons. The Hall–Kier alpha value is -3.44. The van der Waals surface area contributed by atoms with Crippen LogP contribution in [0, 0.1) is 5.92 Å². The topological polar surface area (TPSA) is 136 Å². The molecule has 0 aliphatic heterocycles. The molecule has 2 aromatic heterocycles. The molecule has 37 heavy (non-hydrogen) atoms. The van der Waals surface area contributed by atoms with Crippen molar-refractivity contribution in [2.45, 2.75) is 24.8 Å². The van der Waals surface area contributed by atoms with Gasteiger partial charge in [0, 0.05) is 27.4 Å². The van der Waals surface area contributed by atoms with Gasteiger partial charge in [-0.15, -0.1) is 0 Å². The summed E-state index contributed by atoms with van der Waals surface area (Å²) in [5.74, 6) is -1.13. The van der Waals surface area contributed by atoms with Gasteiger partial charge in [0.25, 0.3) is 5.89 Å². The molecule has 0 amide bonds. The van der Waals surface area contributed by atoms with Gasteiger partial charge in [0.1, 0.15) is 17.2 Å². The number of hydrogen-bond acceptors (Lipinski definition) is 7. The highest BCUT2D eigenvalue weighted by atomic mass is 35.5. The number of carbonyl (C=O) groups is 1. The lowest BCUT2D eigenvalue weighted by Gasteiger charge is -2.17. The maximum absolute atomic E-state index is 12.9. The number of fused-ring (bicyclic) bond motifs is 3. The monoisotopic (exact) mass is 559 g/mol. The van der Waals surface area contributed by atoms with Crippen molar-refractivity contribution in [1.82, 2.24) is 14.9 Å². The quantitative estimate of drug-likeness (QED) is 0.248. The summed E-state index contributed by atoms with van der Waals surface area (Å²) < 4.78 is 39.2. The van der Waals surface area contributed by atoms with Gasteiger partial charge in [-0.1, -0.05) is 42.2 Å². The van der Waals surface area contributed by atoms with Gasteiger partial charge in [0.2, 0.25) is 15.8 Å². The first-order valence-electron chi connectivity index (χ1n) is 11.0. The molecule has 9 nitrogen and oxygen atoms in total. The third kappa shape index (κ3) is 4.80. The SMILES string of the molecule is CC(C)[C@H](NS(=O)(=O)c1ccc2c(c1)oc1ccc(-c3noc(-c4ccc(Cl)cc4Cl)n3)cc12)C(=O)O. The van der Waals surface area contributed by atoms with Crippen molar-refractivity contribution in [2.24, 2.45) is 5.92 Å². The van der Waals surface area contributed by atoms with E-state index in [2.05, 4.69) is 14.9 Å². The fraction of sp³-hybridized carbons (Fsp3) is 0.160. The van der Waals surface area contributed by atoms with Crippen molar-refractivity contribution in [3.05, 3.63) is 64.6 Å². The van der Waals surface area contributed by atoms with Gasteiger partial charge in [0.05, 0.1) is 15.5 Å². The van der Waals surface area contributed by atoms with E-state index in [0.29, 0.717) is 48.9 Å². The lowest BCUT2D eigenvalue weighted by Crippen LogP contribution is -2.44. The maximum Gasteiger partial charge on any atom is 0.322 e. The molecular formula is C25H19Cl2N3O6S. The molecule has 0 unspecified atom stereocenters. The van der Waals surface area contributed by atoms with Gasteiger partial charge in [0.15, 0.2) is 0 Å².